The van der Waals surface area contributed by atoms with Gasteiger partial charge in [0.2, 0.25) is 0 Å². The highest BCUT2D eigenvalue weighted by Gasteiger charge is 2.32. The minimum Gasteiger partial charge on any atom is -0.481 e. The summed E-state index contributed by atoms with van der Waals surface area (Å²) in [5.41, 5.74) is -1.42. The lowest BCUT2D eigenvalue weighted by Gasteiger charge is -2.29. The van der Waals surface area contributed by atoms with Crippen LogP contribution in [0.5, 0.6) is 0 Å². The van der Waals surface area contributed by atoms with Crippen LogP contribution in [0, 0.1) is 10.8 Å². The van der Waals surface area contributed by atoms with Crippen molar-refractivity contribution < 1.29 is 28.2 Å². The second-order valence-electron chi connectivity index (χ2n) is 12.1. The molecule has 8 heteroatoms. The molecule has 2 aliphatic rings. The van der Waals surface area contributed by atoms with Gasteiger partial charge in [-0.1, -0.05) is 50.7 Å². The quantitative estimate of drug-likeness (QED) is 0.198. The molecule has 0 radical (unpaired) electrons. The Labute approximate surface area is 223 Å². The van der Waals surface area contributed by atoms with Crippen molar-refractivity contribution in [3.8, 4) is 0 Å². The highest BCUT2D eigenvalue weighted by Crippen LogP contribution is 2.32. The Balaban J connectivity index is 1.80. The fraction of sp³-hybridized carbons (Fsp3) is 0.857. The minimum atomic E-state index is -0.942. The standard InChI is InChI=1S/C28H48O6S2/c1-27(2,25(29)30)19-7-5-11-21-13-9-15-23(35(21)33)17-18-24-16-10-14-22(36(24)34)12-6-8-20-28(3,4)26(31)32/h17-18,21-24H,5-16,19-20H2,1-4H3,(H,29,30)(H,31,32). The molecule has 6 atom stereocenters. The first-order valence-corrected chi connectivity index (χ1v) is 16.3. The fourth-order valence-electron chi connectivity index (χ4n) is 5.26. The Morgan fingerprint density at radius 2 is 1.06 bits per heavy atom. The summed E-state index contributed by atoms with van der Waals surface area (Å²) in [7, 11) is -1.88. The van der Waals surface area contributed by atoms with Gasteiger partial charge in [-0.25, -0.2) is 0 Å². The van der Waals surface area contributed by atoms with E-state index in [4.69, 9.17) is 0 Å². The van der Waals surface area contributed by atoms with E-state index < -0.39 is 44.4 Å². The number of carboxylic acid groups (broad SMARTS) is 2. The zero-order chi connectivity index (χ0) is 26.9. The van der Waals surface area contributed by atoms with Crippen LogP contribution < -0.4 is 0 Å². The van der Waals surface area contributed by atoms with Gasteiger partial charge < -0.3 is 10.2 Å². The number of hydrogen-bond donors (Lipinski definition) is 2. The molecule has 6 unspecified atom stereocenters. The molecule has 208 valence electrons. The summed E-state index contributed by atoms with van der Waals surface area (Å²) in [5.74, 6) is -1.53. The molecule has 0 aromatic rings. The molecule has 36 heavy (non-hydrogen) atoms. The van der Waals surface area contributed by atoms with E-state index in [0.29, 0.717) is 12.8 Å². The van der Waals surface area contributed by atoms with Crippen LogP contribution in [0.15, 0.2) is 12.2 Å². The summed E-state index contributed by atoms with van der Waals surface area (Å²) in [6, 6.07) is 0. The molecule has 2 rings (SSSR count). The molecule has 2 N–H and O–H groups in total. The van der Waals surface area contributed by atoms with Crippen molar-refractivity contribution in [1.29, 1.82) is 0 Å². The summed E-state index contributed by atoms with van der Waals surface area (Å²) < 4.78 is 26.4. The minimum absolute atomic E-state index is 0.0230. The maximum Gasteiger partial charge on any atom is 0.309 e. The molecule has 2 saturated heterocycles. The maximum atomic E-state index is 13.2. The third-order valence-corrected chi connectivity index (χ3v) is 12.4. The van der Waals surface area contributed by atoms with Crippen LogP contribution in [0.2, 0.25) is 0 Å². The molecular weight excluding hydrogens is 496 g/mol. The fourth-order valence-corrected chi connectivity index (χ4v) is 9.13. The average Bonchev–Trinajstić information content (AvgIpc) is 2.81. The first kappa shape index (κ1) is 31.2. The molecular formula is C28H48O6S2. The molecule has 0 spiro atoms. The Kier molecular flexibility index (Phi) is 12.3. The van der Waals surface area contributed by atoms with Gasteiger partial charge in [-0.05, 0) is 79.1 Å². The predicted octanol–water partition coefficient (Wildman–Crippen LogP) is 6.22. The molecule has 2 fully saturated rings. The molecule has 0 aliphatic carbocycles. The third kappa shape index (κ3) is 9.38. The van der Waals surface area contributed by atoms with E-state index in [1.165, 1.54) is 0 Å². The largest absolute Gasteiger partial charge is 0.481 e. The van der Waals surface area contributed by atoms with E-state index in [0.717, 1.165) is 77.0 Å². The van der Waals surface area contributed by atoms with E-state index in [1.807, 2.05) is 0 Å². The smallest absolute Gasteiger partial charge is 0.309 e. The molecule has 0 bridgehead atoms. The lowest BCUT2D eigenvalue weighted by Crippen LogP contribution is -2.32. The second kappa shape index (κ2) is 14.2. The number of aliphatic carboxylic acids is 2. The van der Waals surface area contributed by atoms with Crippen LogP contribution in [0.3, 0.4) is 0 Å². The van der Waals surface area contributed by atoms with Crippen LogP contribution in [0.4, 0.5) is 0 Å². The van der Waals surface area contributed by atoms with Crippen LogP contribution >= 0.6 is 0 Å². The van der Waals surface area contributed by atoms with Gasteiger partial charge in [-0.2, -0.15) is 0 Å². The highest BCUT2D eigenvalue weighted by molar-refractivity contribution is 7.86. The first-order chi connectivity index (χ1) is 16.8. The Bertz CT molecular complexity index is 753. The monoisotopic (exact) mass is 544 g/mol. The Morgan fingerprint density at radius 1 is 0.694 bits per heavy atom. The molecule has 2 aliphatic heterocycles. The maximum absolute atomic E-state index is 13.2. The summed E-state index contributed by atoms with van der Waals surface area (Å²) in [5, 5.41) is 18.9. The first-order valence-electron chi connectivity index (χ1n) is 13.8. The number of unbranched alkanes of at least 4 members (excludes halogenated alkanes) is 2. The second-order valence-corrected chi connectivity index (χ2v) is 16.0. The number of rotatable bonds is 14. The zero-order valence-corrected chi connectivity index (χ0v) is 24.3. The van der Waals surface area contributed by atoms with E-state index in [1.54, 1.807) is 27.7 Å². The van der Waals surface area contributed by atoms with E-state index in [9.17, 15) is 28.2 Å². The van der Waals surface area contributed by atoms with Gasteiger partial charge in [0.25, 0.3) is 0 Å². The van der Waals surface area contributed by atoms with Crippen molar-refractivity contribution in [3.63, 3.8) is 0 Å². The number of carbonyl (C=O) groups is 2. The Hall–Kier alpha value is -1.02. The molecule has 0 aromatic carbocycles. The van der Waals surface area contributed by atoms with Gasteiger partial charge in [0, 0.05) is 32.1 Å². The zero-order valence-electron chi connectivity index (χ0n) is 22.7. The SMILES string of the molecule is CC(C)(CCCCC1CCCC(C=CC2CCCC(CCCCC(C)(C)C(=O)O)S2=O)S1=O)C(=O)O. The van der Waals surface area contributed by atoms with Crippen molar-refractivity contribution in [1.82, 2.24) is 0 Å². The molecule has 0 amide bonds. The van der Waals surface area contributed by atoms with Crippen molar-refractivity contribution in [3.05, 3.63) is 12.2 Å². The summed E-state index contributed by atoms with van der Waals surface area (Å²) >= 11 is 0. The number of carboxylic acids is 2. The van der Waals surface area contributed by atoms with Gasteiger partial charge in [0.05, 0.1) is 21.3 Å². The lowest BCUT2D eigenvalue weighted by atomic mass is 9.87. The third-order valence-electron chi connectivity index (χ3n) is 8.14. The van der Waals surface area contributed by atoms with Crippen LogP contribution in [-0.4, -0.2) is 51.6 Å². The Morgan fingerprint density at radius 3 is 1.39 bits per heavy atom. The molecule has 6 nitrogen and oxygen atoms in total. The van der Waals surface area contributed by atoms with Gasteiger partial charge >= 0.3 is 11.9 Å². The number of hydrogen-bond acceptors (Lipinski definition) is 4. The summed E-state index contributed by atoms with van der Waals surface area (Å²) in [6.07, 6.45) is 16.5. The summed E-state index contributed by atoms with van der Waals surface area (Å²) in [4.78, 5) is 22.6. The topological polar surface area (TPSA) is 109 Å². The van der Waals surface area contributed by atoms with E-state index >= 15 is 0 Å². The predicted molar refractivity (Wildman–Crippen MR) is 148 cm³/mol. The van der Waals surface area contributed by atoms with Crippen LogP contribution in [-0.2, 0) is 31.2 Å². The molecule has 0 saturated carbocycles. The van der Waals surface area contributed by atoms with Crippen LogP contribution in [0.1, 0.15) is 118 Å². The normalized spacial score (nSPS) is 29.9. The van der Waals surface area contributed by atoms with E-state index in [-0.39, 0.29) is 21.0 Å². The van der Waals surface area contributed by atoms with Crippen molar-refractivity contribution in [2.75, 3.05) is 0 Å². The van der Waals surface area contributed by atoms with Gasteiger partial charge in [0.1, 0.15) is 0 Å². The summed E-state index contributed by atoms with van der Waals surface area (Å²) in [6.45, 7) is 7.04. The molecule has 0 aromatic heterocycles. The lowest BCUT2D eigenvalue weighted by molar-refractivity contribution is -0.148. The molecule has 2 heterocycles. The van der Waals surface area contributed by atoms with Gasteiger partial charge in [-0.15, -0.1) is 0 Å². The van der Waals surface area contributed by atoms with Crippen LogP contribution in [0.25, 0.3) is 0 Å². The average molecular weight is 545 g/mol. The van der Waals surface area contributed by atoms with Gasteiger partial charge in [-0.3, -0.25) is 18.0 Å². The van der Waals surface area contributed by atoms with E-state index in [2.05, 4.69) is 12.2 Å². The highest BCUT2D eigenvalue weighted by atomic mass is 32.2. The van der Waals surface area contributed by atoms with Crippen molar-refractivity contribution >= 4 is 33.5 Å². The van der Waals surface area contributed by atoms with Gasteiger partial charge in [0.15, 0.2) is 0 Å². The van der Waals surface area contributed by atoms with Crippen molar-refractivity contribution in [2.24, 2.45) is 10.8 Å². The van der Waals surface area contributed by atoms with Crippen molar-refractivity contribution in [2.45, 2.75) is 139 Å².